The predicted octanol–water partition coefficient (Wildman–Crippen LogP) is 1.60. The fourth-order valence-corrected chi connectivity index (χ4v) is 3.42. The first-order valence-electron chi connectivity index (χ1n) is 7.96. The summed E-state index contributed by atoms with van der Waals surface area (Å²) < 4.78 is 0. The number of aromatic nitrogens is 1. The van der Waals surface area contributed by atoms with Crippen molar-refractivity contribution < 1.29 is 4.79 Å². The Morgan fingerprint density at radius 3 is 2.57 bits per heavy atom. The predicted molar refractivity (Wildman–Crippen MR) is 92.5 cm³/mol. The van der Waals surface area contributed by atoms with Gasteiger partial charge in [-0.2, -0.15) is 0 Å². The van der Waals surface area contributed by atoms with E-state index in [1.165, 1.54) is 16.9 Å². The second-order valence-corrected chi connectivity index (χ2v) is 6.64. The minimum absolute atomic E-state index is 0.0312. The molecule has 0 spiro atoms. The number of amides is 1. The summed E-state index contributed by atoms with van der Waals surface area (Å²) >= 11 is 1.45. The van der Waals surface area contributed by atoms with Crippen LogP contribution < -0.4 is 5.73 Å². The van der Waals surface area contributed by atoms with E-state index in [9.17, 15) is 4.79 Å². The Bertz CT molecular complexity index is 635. The van der Waals surface area contributed by atoms with Gasteiger partial charge in [0.15, 0.2) is 0 Å². The highest BCUT2D eigenvalue weighted by Crippen LogP contribution is 2.13. The lowest BCUT2D eigenvalue weighted by atomic mass is 10.1. The summed E-state index contributed by atoms with van der Waals surface area (Å²) in [7, 11) is 0. The molecule has 1 fully saturated rings. The van der Waals surface area contributed by atoms with Gasteiger partial charge in [-0.3, -0.25) is 9.69 Å². The molecule has 6 heteroatoms. The van der Waals surface area contributed by atoms with Gasteiger partial charge in [0.05, 0.1) is 0 Å². The average Bonchev–Trinajstić information content (AvgIpc) is 3.10. The molecule has 3 rings (SSSR count). The van der Waals surface area contributed by atoms with E-state index in [0.29, 0.717) is 12.2 Å². The van der Waals surface area contributed by atoms with Crippen molar-refractivity contribution in [3.8, 4) is 0 Å². The van der Waals surface area contributed by atoms with Crippen molar-refractivity contribution in [1.29, 1.82) is 0 Å². The molecule has 0 unspecified atom stereocenters. The Morgan fingerprint density at radius 1 is 1.17 bits per heavy atom. The molecule has 2 heterocycles. The van der Waals surface area contributed by atoms with Crippen molar-refractivity contribution in [1.82, 2.24) is 14.8 Å². The normalized spacial score (nSPS) is 15.8. The average molecular weight is 330 g/mol. The lowest BCUT2D eigenvalue weighted by molar-refractivity contribution is 0.0633. The van der Waals surface area contributed by atoms with Crippen LogP contribution in [0.15, 0.2) is 35.7 Å². The van der Waals surface area contributed by atoms with E-state index in [1.807, 2.05) is 16.3 Å². The van der Waals surface area contributed by atoms with Crippen LogP contribution in [0.5, 0.6) is 0 Å². The van der Waals surface area contributed by atoms with Crippen LogP contribution in [-0.4, -0.2) is 53.4 Å². The summed E-state index contributed by atoms with van der Waals surface area (Å²) in [5.74, 6) is 0.0312. The van der Waals surface area contributed by atoms with Gasteiger partial charge in [0.2, 0.25) is 0 Å². The number of carbonyl (C=O) groups excluding carboxylic acids is 1. The van der Waals surface area contributed by atoms with Gasteiger partial charge < -0.3 is 10.6 Å². The number of carbonyl (C=O) groups is 1. The van der Waals surface area contributed by atoms with Gasteiger partial charge >= 0.3 is 0 Å². The molecular formula is C17H22N4OS. The lowest BCUT2D eigenvalue weighted by Gasteiger charge is -2.34. The van der Waals surface area contributed by atoms with Crippen LogP contribution in [-0.2, 0) is 13.0 Å². The Hall–Kier alpha value is -1.76. The quantitative estimate of drug-likeness (QED) is 0.904. The molecular weight excluding hydrogens is 308 g/mol. The smallest absolute Gasteiger partial charge is 0.273 e. The second kappa shape index (κ2) is 7.68. The minimum Gasteiger partial charge on any atom is -0.335 e. The highest BCUT2D eigenvalue weighted by atomic mass is 32.1. The molecule has 2 N–H and O–H groups in total. The highest BCUT2D eigenvalue weighted by molar-refractivity contribution is 7.09. The maximum atomic E-state index is 12.4. The number of rotatable bonds is 5. The standard InChI is InChI=1S/C17H22N4OS/c18-12-16-19-15(13-23-16)17(22)21-10-8-20(9-11-21)7-6-14-4-2-1-3-5-14/h1-5,13H,6-12,18H2. The Kier molecular flexibility index (Phi) is 5.38. The number of piperazine rings is 1. The fraction of sp³-hybridized carbons (Fsp3) is 0.412. The summed E-state index contributed by atoms with van der Waals surface area (Å²) in [5.41, 5.74) is 7.46. The summed E-state index contributed by atoms with van der Waals surface area (Å²) in [6, 6.07) is 10.5. The zero-order valence-electron chi connectivity index (χ0n) is 13.1. The topological polar surface area (TPSA) is 62.5 Å². The number of benzene rings is 1. The van der Waals surface area contributed by atoms with Gasteiger partial charge in [0.1, 0.15) is 10.7 Å². The third kappa shape index (κ3) is 4.16. The lowest BCUT2D eigenvalue weighted by Crippen LogP contribution is -2.49. The molecule has 1 aromatic heterocycles. The Labute approximate surface area is 140 Å². The van der Waals surface area contributed by atoms with Crippen LogP contribution in [0.4, 0.5) is 0 Å². The van der Waals surface area contributed by atoms with Crippen molar-refractivity contribution in [2.45, 2.75) is 13.0 Å². The van der Waals surface area contributed by atoms with Gasteiger partial charge in [-0.25, -0.2) is 4.98 Å². The maximum absolute atomic E-state index is 12.4. The minimum atomic E-state index is 0.0312. The highest BCUT2D eigenvalue weighted by Gasteiger charge is 2.23. The molecule has 1 aliphatic heterocycles. The van der Waals surface area contributed by atoms with Crippen molar-refractivity contribution in [3.63, 3.8) is 0 Å². The summed E-state index contributed by atoms with van der Waals surface area (Å²) in [5, 5.41) is 2.63. The molecule has 0 atom stereocenters. The first-order valence-corrected chi connectivity index (χ1v) is 8.84. The van der Waals surface area contributed by atoms with E-state index in [4.69, 9.17) is 5.73 Å². The van der Waals surface area contributed by atoms with Crippen molar-refractivity contribution in [2.24, 2.45) is 5.73 Å². The zero-order chi connectivity index (χ0) is 16.1. The molecule has 122 valence electrons. The number of thiazole rings is 1. The molecule has 2 aromatic rings. The van der Waals surface area contributed by atoms with E-state index < -0.39 is 0 Å². The van der Waals surface area contributed by atoms with Crippen LogP contribution in [0, 0.1) is 0 Å². The van der Waals surface area contributed by atoms with Crippen LogP contribution in [0.1, 0.15) is 21.1 Å². The van der Waals surface area contributed by atoms with Gasteiger partial charge in [0, 0.05) is 44.6 Å². The number of hydrogen-bond donors (Lipinski definition) is 1. The number of nitrogens with two attached hydrogens (primary N) is 1. The maximum Gasteiger partial charge on any atom is 0.273 e. The zero-order valence-corrected chi connectivity index (χ0v) is 14.0. The third-order valence-electron chi connectivity index (χ3n) is 4.16. The van der Waals surface area contributed by atoms with Crippen LogP contribution in [0.2, 0.25) is 0 Å². The second-order valence-electron chi connectivity index (χ2n) is 5.70. The Balaban J connectivity index is 1.47. The SMILES string of the molecule is NCc1nc(C(=O)N2CCN(CCc3ccccc3)CC2)cs1. The molecule has 1 aromatic carbocycles. The van der Waals surface area contributed by atoms with Gasteiger partial charge in [0.25, 0.3) is 5.91 Å². The molecule has 1 saturated heterocycles. The van der Waals surface area contributed by atoms with Crippen LogP contribution in [0.3, 0.4) is 0 Å². The van der Waals surface area contributed by atoms with Gasteiger partial charge in [-0.1, -0.05) is 30.3 Å². The number of hydrogen-bond acceptors (Lipinski definition) is 5. The summed E-state index contributed by atoms with van der Waals surface area (Å²) in [4.78, 5) is 21.0. The van der Waals surface area contributed by atoms with E-state index in [2.05, 4.69) is 34.1 Å². The van der Waals surface area contributed by atoms with E-state index in [1.54, 1.807) is 0 Å². The van der Waals surface area contributed by atoms with Crippen LogP contribution >= 0.6 is 11.3 Å². The summed E-state index contributed by atoms with van der Waals surface area (Å²) in [6.07, 6.45) is 1.06. The van der Waals surface area contributed by atoms with Gasteiger partial charge in [-0.05, 0) is 12.0 Å². The molecule has 1 aliphatic rings. The number of nitrogens with zero attached hydrogens (tertiary/aromatic N) is 3. The molecule has 0 aliphatic carbocycles. The largest absolute Gasteiger partial charge is 0.335 e. The van der Waals surface area contributed by atoms with Crippen LogP contribution in [0.25, 0.3) is 0 Å². The van der Waals surface area contributed by atoms with E-state index in [-0.39, 0.29) is 5.91 Å². The monoisotopic (exact) mass is 330 g/mol. The van der Waals surface area contributed by atoms with Crippen molar-refractivity contribution in [2.75, 3.05) is 32.7 Å². The summed E-state index contributed by atoms with van der Waals surface area (Å²) in [6.45, 7) is 4.82. The molecule has 0 bridgehead atoms. The van der Waals surface area contributed by atoms with Crippen molar-refractivity contribution >= 4 is 17.2 Å². The fourth-order valence-electron chi connectivity index (χ4n) is 2.77. The molecule has 23 heavy (non-hydrogen) atoms. The molecule has 5 nitrogen and oxygen atoms in total. The molecule has 0 saturated carbocycles. The molecule has 1 amide bonds. The van der Waals surface area contributed by atoms with Gasteiger partial charge in [-0.15, -0.1) is 11.3 Å². The Morgan fingerprint density at radius 2 is 1.91 bits per heavy atom. The molecule has 0 radical (unpaired) electrons. The van der Waals surface area contributed by atoms with Crippen molar-refractivity contribution in [3.05, 3.63) is 52.0 Å². The van der Waals surface area contributed by atoms with E-state index in [0.717, 1.165) is 44.2 Å². The first kappa shape index (κ1) is 16.1. The first-order chi connectivity index (χ1) is 11.3. The third-order valence-corrected chi connectivity index (χ3v) is 5.04. The van der Waals surface area contributed by atoms with E-state index >= 15 is 0 Å².